The highest BCUT2D eigenvalue weighted by Gasteiger charge is 2.22. The Morgan fingerprint density at radius 3 is 2.53 bits per heavy atom. The van der Waals surface area contributed by atoms with Crippen molar-refractivity contribution in [3.63, 3.8) is 0 Å². The summed E-state index contributed by atoms with van der Waals surface area (Å²) in [5, 5.41) is 10.4. The molecule has 1 heterocycles. The third kappa shape index (κ3) is 2.53. The smallest absolute Gasteiger partial charge is 0.397 e. The minimum atomic E-state index is -0.975. The lowest BCUT2D eigenvalue weighted by Gasteiger charge is -2.01. The van der Waals surface area contributed by atoms with Gasteiger partial charge in [-0.3, -0.25) is 14.9 Å². The highest BCUT2D eigenvalue weighted by molar-refractivity contribution is 9.10. The normalized spacial score (nSPS) is 10.5. The monoisotopic (exact) mass is 331 g/mol. The fourth-order valence-corrected chi connectivity index (χ4v) is 1.69. The van der Waals surface area contributed by atoms with Gasteiger partial charge in [0.25, 0.3) is 0 Å². The van der Waals surface area contributed by atoms with Crippen molar-refractivity contribution in [2.24, 2.45) is 0 Å². The van der Waals surface area contributed by atoms with Gasteiger partial charge in [0.1, 0.15) is 16.6 Å². The predicted molar refractivity (Wildman–Crippen MR) is 62.9 cm³/mol. The van der Waals surface area contributed by atoms with Crippen molar-refractivity contribution < 1.29 is 22.9 Å². The molecule has 0 atom stereocenters. The van der Waals surface area contributed by atoms with Crippen molar-refractivity contribution in [3.8, 4) is 0 Å². The van der Waals surface area contributed by atoms with Crippen LogP contribution in [0.2, 0.25) is 0 Å². The fourth-order valence-electron chi connectivity index (χ4n) is 1.38. The number of carbonyl (C=O) groups excluding carboxylic acids is 1. The molecule has 5 nitrogen and oxygen atoms in total. The molecule has 1 aromatic carbocycles. The SMILES string of the molecule is O=C(c1ccc([N+](=O)[O-])o1)c1cc(F)c(Br)cc1F. The third-order valence-electron chi connectivity index (χ3n) is 2.25. The van der Waals surface area contributed by atoms with Crippen LogP contribution >= 0.6 is 15.9 Å². The first-order valence-corrected chi connectivity index (χ1v) is 5.63. The maximum Gasteiger partial charge on any atom is 0.433 e. The molecule has 0 unspecified atom stereocenters. The van der Waals surface area contributed by atoms with Gasteiger partial charge in [0.15, 0.2) is 5.76 Å². The summed E-state index contributed by atoms with van der Waals surface area (Å²) in [6.45, 7) is 0. The molecule has 0 radical (unpaired) electrons. The zero-order valence-corrected chi connectivity index (χ0v) is 10.6. The third-order valence-corrected chi connectivity index (χ3v) is 2.86. The van der Waals surface area contributed by atoms with Crippen molar-refractivity contribution in [3.05, 3.63) is 61.8 Å². The van der Waals surface area contributed by atoms with Crippen molar-refractivity contribution in [2.75, 3.05) is 0 Å². The average molecular weight is 332 g/mol. The molecule has 0 amide bonds. The number of ketones is 1. The maximum atomic E-state index is 13.5. The molecule has 2 rings (SSSR count). The van der Waals surface area contributed by atoms with E-state index >= 15 is 0 Å². The Morgan fingerprint density at radius 2 is 1.95 bits per heavy atom. The molecule has 0 N–H and O–H groups in total. The van der Waals surface area contributed by atoms with E-state index in [9.17, 15) is 23.7 Å². The Balaban J connectivity index is 2.43. The summed E-state index contributed by atoms with van der Waals surface area (Å²) in [6, 6.07) is 3.47. The second-order valence-electron chi connectivity index (χ2n) is 3.47. The van der Waals surface area contributed by atoms with E-state index in [-0.39, 0.29) is 4.47 Å². The van der Waals surface area contributed by atoms with Gasteiger partial charge < -0.3 is 4.42 Å². The van der Waals surface area contributed by atoms with Crippen LogP contribution in [-0.2, 0) is 0 Å². The average Bonchev–Trinajstić information content (AvgIpc) is 2.82. The summed E-state index contributed by atoms with van der Waals surface area (Å²) in [5.74, 6) is -3.85. The second-order valence-corrected chi connectivity index (χ2v) is 4.32. The summed E-state index contributed by atoms with van der Waals surface area (Å²) in [5.41, 5.74) is -0.565. The van der Waals surface area contributed by atoms with Crippen LogP contribution in [0.5, 0.6) is 0 Å². The van der Waals surface area contributed by atoms with Gasteiger partial charge >= 0.3 is 5.88 Å². The molecule has 1 aromatic heterocycles. The Kier molecular flexibility index (Phi) is 3.43. The van der Waals surface area contributed by atoms with Crippen LogP contribution in [0.1, 0.15) is 16.1 Å². The molecule has 0 saturated heterocycles. The number of nitro groups is 1. The molecular formula is C11H4BrF2NO4. The van der Waals surface area contributed by atoms with Crippen LogP contribution in [-0.4, -0.2) is 10.7 Å². The second kappa shape index (κ2) is 4.88. The first kappa shape index (κ1) is 13.3. The van der Waals surface area contributed by atoms with E-state index < -0.39 is 39.5 Å². The summed E-state index contributed by atoms with van der Waals surface area (Å²) in [7, 11) is 0. The molecule has 0 aliphatic carbocycles. The van der Waals surface area contributed by atoms with Crippen LogP contribution in [0.3, 0.4) is 0 Å². The number of carbonyl (C=O) groups is 1. The number of benzene rings is 1. The van der Waals surface area contributed by atoms with E-state index in [1.165, 1.54) is 0 Å². The van der Waals surface area contributed by atoms with Crippen molar-refractivity contribution in [1.82, 2.24) is 0 Å². The summed E-state index contributed by atoms with van der Waals surface area (Å²) >= 11 is 2.77. The van der Waals surface area contributed by atoms with Gasteiger partial charge in [-0.25, -0.2) is 8.78 Å². The van der Waals surface area contributed by atoms with Gasteiger partial charge in [-0.1, -0.05) is 0 Å². The van der Waals surface area contributed by atoms with Gasteiger partial charge in [-0.05, 0) is 34.1 Å². The highest BCUT2D eigenvalue weighted by atomic mass is 79.9. The van der Waals surface area contributed by atoms with Crippen molar-refractivity contribution in [2.45, 2.75) is 0 Å². The van der Waals surface area contributed by atoms with E-state index in [4.69, 9.17) is 0 Å². The molecule has 19 heavy (non-hydrogen) atoms. The van der Waals surface area contributed by atoms with Crippen LogP contribution in [0.25, 0.3) is 0 Å². The summed E-state index contributed by atoms with van der Waals surface area (Å²) in [6.07, 6.45) is 0. The number of nitrogens with zero attached hydrogens (tertiary/aromatic N) is 1. The summed E-state index contributed by atoms with van der Waals surface area (Å²) < 4.78 is 31.3. The molecule has 0 fully saturated rings. The van der Waals surface area contributed by atoms with Crippen molar-refractivity contribution in [1.29, 1.82) is 0 Å². The number of furan rings is 1. The zero-order chi connectivity index (χ0) is 14.2. The Hall–Kier alpha value is -2.09. The first-order chi connectivity index (χ1) is 8.90. The molecule has 0 bridgehead atoms. The molecule has 2 aromatic rings. The molecule has 0 spiro atoms. The van der Waals surface area contributed by atoms with Gasteiger partial charge in [-0.2, -0.15) is 0 Å². The summed E-state index contributed by atoms with van der Waals surface area (Å²) in [4.78, 5) is 21.4. The molecular weight excluding hydrogens is 328 g/mol. The number of rotatable bonds is 3. The van der Waals surface area contributed by atoms with E-state index in [2.05, 4.69) is 20.3 Å². The highest BCUT2D eigenvalue weighted by Crippen LogP contribution is 2.24. The first-order valence-electron chi connectivity index (χ1n) is 4.83. The van der Waals surface area contributed by atoms with Crippen LogP contribution in [0.15, 0.2) is 33.2 Å². The lowest BCUT2D eigenvalue weighted by molar-refractivity contribution is -0.402. The topological polar surface area (TPSA) is 73.3 Å². The lowest BCUT2D eigenvalue weighted by atomic mass is 10.1. The number of halogens is 3. The zero-order valence-electron chi connectivity index (χ0n) is 9.02. The standard InChI is InChI=1S/C11H4BrF2NO4/c12-6-4-7(13)5(3-8(6)14)11(16)9-1-2-10(19-9)15(17)18/h1-4H. The minimum absolute atomic E-state index is 0.132. The van der Waals surface area contributed by atoms with Crippen LogP contribution in [0, 0.1) is 21.7 Å². The van der Waals surface area contributed by atoms with Crippen molar-refractivity contribution >= 4 is 27.6 Å². The van der Waals surface area contributed by atoms with E-state index in [1.807, 2.05) is 0 Å². The number of hydrogen-bond donors (Lipinski definition) is 0. The van der Waals surface area contributed by atoms with Gasteiger partial charge in [0.2, 0.25) is 5.78 Å². The fraction of sp³-hybridized carbons (Fsp3) is 0. The number of hydrogen-bond acceptors (Lipinski definition) is 4. The molecule has 0 saturated carbocycles. The van der Waals surface area contributed by atoms with E-state index in [0.717, 1.165) is 18.2 Å². The predicted octanol–water partition coefficient (Wildman–Crippen LogP) is 3.46. The molecule has 8 heteroatoms. The largest absolute Gasteiger partial charge is 0.433 e. The quantitative estimate of drug-likeness (QED) is 0.373. The Morgan fingerprint density at radius 1 is 1.26 bits per heavy atom. The lowest BCUT2D eigenvalue weighted by Crippen LogP contribution is -2.04. The van der Waals surface area contributed by atoms with Crippen LogP contribution < -0.4 is 0 Å². The van der Waals surface area contributed by atoms with Gasteiger partial charge in [0, 0.05) is 0 Å². The minimum Gasteiger partial charge on any atom is -0.397 e. The Bertz CT molecular complexity index is 683. The molecule has 98 valence electrons. The van der Waals surface area contributed by atoms with E-state index in [1.54, 1.807) is 0 Å². The van der Waals surface area contributed by atoms with Gasteiger partial charge in [-0.15, -0.1) is 0 Å². The molecule has 0 aliphatic heterocycles. The van der Waals surface area contributed by atoms with E-state index in [0.29, 0.717) is 6.07 Å². The molecule has 0 aliphatic rings. The van der Waals surface area contributed by atoms with Crippen LogP contribution in [0.4, 0.5) is 14.7 Å². The Labute approximate surface area is 113 Å². The van der Waals surface area contributed by atoms with Gasteiger partial charge in [0.05, 0.1) is 16.1 Å². The maximum absolute atomic E-state index is 13.5.